The summed E-state index contributed by atoms with van der Waals surface area (Å²) in [5, 5.41) is 5.68. The van der Waals surface area contributed by atoms with Gasteiger partial charge in [0.05, 0.1) is 6.61 Å². The number of ether oxygens (including phenoxy) is 1. The van der Waals surface area contributed by atoms with Crippen molar-refractivity contribution < 1.29 is 14.3 Å². The third kappa shape index (κ3) is 9.54. The van der Waals surface area contributed by atoms with E-state index in [4.69, 9.17) is 4.74 Å². The Morgan fingerprint density at radius 1 is 1.16 bits per heavy atom. The number of amides is 2. The van der Waals surface area contributed by atoms with Gasteiger partial charge < -0.3 is 20.3 Å². The third-order valence-corrected chi connectivity index (χ3v) is 3.62. The highest BCUT2D eigenvalue weighted by Crippen LogP contribution is 2.09. The lowest BCUT2D eigenvalue weighted by Crippen LogP contribution is -2.35. The Bertz CT molecular complexity index is 535. The Hall–Kier alpha value is -2.31. The van der Waals surface area contributed by atoms with E-state index in [2.05, 4.69) is 15.6 Å². The van der Waals surface area contributed by atoms with Crippen molar-refractivity contribution in [2.24, 2.45) is 0 Å². The monoisotopic (exact) mass is 350 g/mol. The van der Waals surface area contributed by atoms with Gasteiger partial charge in [0.2, 0.25) is 0 Å². The summed E-state index contributed by atoms with van der Waals surface area (Å²) in [6.45, 7) is 3.34. The van der Waals surface area contributed by atoms with E-state index in [0.717, 1.165) is 37.1 Å². The Kier molecular flexibility index (Phi) is 10.0. The lowest BCUT2D eigenvalue weighted by Gasteiger charge is -2.12. The molecule has 0 aromatic carbocycles. The summed E-state index contributed by atoms with van der Waals surface area (Å²) in [7, 11) is 3.86. The van der Waals surface area contributed by atoms with Gasteiger partial charge in [0, 0.05) is 39.8 Å². The van der Waals surface area contributed by atoms with Crippen LogP contribution in [0, 0.1) is 0 Å². The first-order valence-corrected chi connectivity index (χ1v) is 8.82. The Labute approximate surface area is 150 Å². The fourth-order valence-electron chi connectivity index (χ4n) is 2.24. The number of anilines is 1. The van der Waals surface area contributed by atoms with E-state index in [1.807, 2.05) is 38.1 Å². The number of nitrogens with zero attached hydrogens (tertiary/aromatic N) is 2. The van der Waals surface area contributed by atoms with Crippen LogP contribution in [0.15, 0.2) is 18.3 Å². The second kappa shape index (κ2) is 12.1. The molecule has 1 heterocycles. The fourth-order valence-corrected chi connectivity index (χ4v) is 2.24. The minimum Gasteiger partial charge on any atom is -0.466 e. The van der Waals surface area contributed by atoms with Crippen molar-refractivity contribution in [1.29, 1.82) is 0 Å². The highest BCUT2D eigenvalue weighted by Gasteiger charge is 2.03. The van der Waals surface area contributed by atoms with Crippen molar-refractivity contribution in [1.82, 2.24) is 15.6 Å². The maximum atomic E-state index is 11.8. The molecule has 0 spiro atoms. The minimum absolute atomic E-state index is 0.131. The molecule has 0 bridgehead atoms. The van der Waals surface area contributed by atoms with Gasteiger partial charge in [-0.2, -0.15) is 0 Å². The number of carbonyl (C=O) groups is 2. The molecule has 0 atom stereocenters. The van der Waals surface area contributed by atoms with Gasteiger partial charge in [0.1, 0.15) is 5.82 Å². The van der Waals surface area contributed by atoms with Crippen LogP contribution in [-0.2, 0) is 16.1 Å². The molecule has 2 amide bonds. The van der Waals surface area contributed by atoms with Crippen LogP contribution >= 0.6 is 0 Å². The van der Waals surface area contributed by atoms with Gasteiger partial charge in [-0.25, -0.2) is 9.78 Å². The zero-order valence-electron chi connectivity index (χ0n) is 15.5. The summed E-state index contributed by atoms with van der Waals surface area (Å²) in [6, 6.07) is 3.66. The largest absolute Gasteiger partial charge is 0.466 e. The van der Waals surface area contributed by atoms with E-state index in [1.165, 1.54) is 0 Å². The van der Waals surface area contributed by atoms with Crippen molar-refractivity contribution >= 4 is 17.8 Å². The number of rotatable bonds is 11. The maximum absolute atomic E-state index is 11.8. The minimum atomic E-state index is -0.172. The summed E-state index contributed by atoms with van der Waals surface area (Å²) in [6.07, 6.45) is 5.89. The molecule has 25 heavy (non-hydrogen) atoms. The van der Waals surface area contributed by atoms with Crippen molar-refractivity contribution in [2.45, 2.75) is 45.6 Å². The average Bonchev–Trinajstić information content (AvgIpc) is 2.59. The van der Waals surface area contributed by atoms with Crippen molar-refractivity contribution in [2.75, 3.05) is 32.1 Å². The standard InChI is InChI=1S/C18H30N4O3/c1-4-25-17(23)9-7-5-6-8-11-20-18(24)21-14-15-10-12-19-16(13-15)22(2)3/h10,12-13H,4-9,11,14H2,1-3H3,(H2,20,21,24). The van der Waals surface area contributed by atoms with Crippen LogP contribution in [-0.4, -0.2) is 44.2 Å². The molecule has 0 saturated heterocycles. The molecule has 0 aliphatic rings. The van der Waals surface area contributed by atoms with Crippen molar-refractivity contribution in [3.63, 3.8) is 0 Å². The van der Waals surface area contributed by atoms with Crippen molar-refractivity contribution in [3.05, 3.63) is 23.9 Å². The first kappa shape index (κ1) is 20.7. The van der Waals surface area contributed by atoms with Gasteiger partial charge in [-0.05, 0) is 37.5 Å². The molecule has 1 aromatic rings. The van der Waals surface area contributed by atoms with Crippen molar-refractivity contribution in [3.8, 4) is 0 Å². The fraction of sp³-hybridized carbons (Fsp3) is 0.611. The molecule has 1 rings (SSSR count). The molecule has 0 saturated carbocycles. The number of esters is 1. The quantitative estimate of drug-likeness (QED) is 0.473. The van der Waals surface area contributed by atoms with E-state index in [9.17, 15) is 9.59 Å². The SMILES string of the molecule is CCOC(=O)CCCCCCNC(=O)NCc1ccnc(N(C)C)c1. The van der Waals surface area contributed by atoms with Gasteiger partial charge in [-0.3, -0.25) is 4.79 Å². The molecule has 0 aliphatic heterocycles. The molecule has 0 unspecified atom stereocenters. The number of pyridine rings is 1. The normalized spacial score (nSPS) is 10.2. The first-order valence-electron chi connectivity index (χ1n) is 8.82. The predicted molar refractivity (Wildman–Crippen MR) is 98.5 cm³/mol. The Balaban J connectivity index is 2.07. The topological polar surface area (TPSA) is 83.6 Å². The summed E-state index contributed by atoms with van der Waals surface area (Å²) >= 11 is 0. The van der Waals surface area contributed by atoms with Gasteiger partial charge >= 0.3 is 12.0 Å². The molecule has 0 fully saturated rings. The smallest absolute Gasteiger partial charge is 0.315 e. The van der Waals surface area contributed by atoms with Gasteiger partial charge in [0.15, 0.2) is 0 Å². The highest BCUT2D eigenvalue weighted by atomic mass is 16.5. The third-order valence-electron chi connectivity index (χ3n) is 3.62. The number of hydrogen-bond donors (Lipinski definition) is 2. The van der Waals surface area contributed by atoms with Crippen LogP contribution in [0.5, 0.6) is 0 Å². The van der Waals surface area contributed by atoms with Crippen LogP contribution in [0.4, 0.5) is 10.6 Å². The molecule has 7 heteroatoms. The summed E-state index contributed by atoms with van der Waals surface area (Å²) in [4.78, 5) is 29.1. The summed E-state index contributed by atoms with van der Waals surface area (Å²) < 4.78 is 4.87. The number of hydrogen-bond acceptors (Lipinski definition) is 5. The van der Waals surface area contributed by atoms with E-state index in [0.29, 0.717) is 26.1 Å². The first-order chi connectivity index (χ1) is 12.0. The molecule has 0 aliphatic carbocycles. The zero-order valence-corrected chi connectivity index (χ0v) is 15.5. The van der Waals surface area contributed by atoms with E-state index >= 15 is 0 Å². The molecule has 1 aromatic heterocycles. The van der Waals surface area contributed by atoms with Crippen LogP contribution < -0.4 is 15.5 Å². The van der Waals surface area contributed by atoms with Gasteiger partial charge in [-0.15, -0.1) is 0 Å². The molecular formula is C18H30N4O3. The second-order valence-corrected chi connectivity index (χ2v) is 6.00. The van der Waals surface area contributed by atoms with E-state index in [-0.39, 0.29) is 12.0 Å². The number of nitrogens with one attached hydrogen (secondary N) is 2. The lowest BCUT2D eigenvalue weighted by molar-refractivity contribution is -0.143. The highest BCUT2D eigenvalue weighted by molar-refractivity contribution is 5.73. The van der Waals surface area contributed by atoms with Crippen LogP contribution in [0.25, 0.3) is 0 Å². The van der Waals surface area contributed by atoms with Crippen LogP contribution in [0.2, 0.25) is 0 Å². The van der Waals surface area contributed by atoms with Gasteiger partial charge in [-0.1, -0.05) is 12.8 Å². The molecule has 140 valence electrons. The molecule has 0 radical (unpaired) electrons. The summed E-state index contributed by atoms with van der Waals surface area (Å²) in [5.41, 5.74) is 1.01. The average molecular weight is 350 g/mol. The number of unbranched alkanes of at least 4 members (excludes halogenated alkanes) is 3. The predicted octanol–water partition coefficient (Wildman–Crippen LogP) is 2.46. The maximum Gasteiger partial charge on any atom is 0.315 e. The van der Waals surface area contributed by atoms with E-state index in [1.54, 1.807) is 6.20 Å². The molecule has 7 nitrogen and oxygen atoms in total. The number of urea groups is 1. The lowest BCUT2D eigenvalue weighted by atomic mass is 10.1. The molecular weight excluding hydrogens is 320 g/mol. The van der Waals surface area contributed by atoms with Crippen LogP contribution in [0.1, 0.15) is 44.6 Å². The number of carbonyl (C=O) groups excluding carboxylic acids is 2. The van der Waals surface area contributed by atoms with Gasteiger partial charge in [0.25, 0.3) is 0 Å². The zero-order chi connectivity index (χ0) is 18.5. The molecule has 2 N–H and O–H groups in total. The van der Waals surface area contributed by atoms with E-state index < -0.39 is 0 Å². The number of aromatic nitrogens is 1. The van der Waals surface area contributed by atoms with Crippen LogP contribution in [0.3, 0.4) is 0 Å². The Morgan fingerprint density at radius 2 is 1.92 bits per heavy atom. The Morgan fingerprint density at radius 3 is 2.64 bits per heavy atom. The second-order valence-electron chi connectivity index (χ2n) is 6.00. The summed E-state index contributed by atoms with van der Waals surface area (Å²) in [5.74, 6) is 0.732.